The highest BCUT2D eigenvalue weighted by Crippen LogP contribution is 2.41. The average molecular weight is 872 g/mol. The van der Waals surface area contributed by atoms with Crippen LogP contribution in [0.3, 0.4) is 0 Å². The SMILES string of the molecule is CCCOc1ccc2cc1-c1cc(ccc1OCCNC(=O)OC(C)(C)C)C[C@@H](C(=O)OC)NC(=O)[C@H](C)CC(=O)[C@H]2N(C)C(=O)[C@@H]1C[C@H](CN)CN1C(=O)OCc1ccccc1. The van der Waals surface area contributed by atoms with E-state index >= 15 is 0 Å². The van der Waals surface area contributed by atoms with E-state index in [4.69, 9.17) is 29.4 Å². The third-order valence-electron chi connectivity index (χ3n) is 10.8. The zero-order chi connectivity index (χ0) is 45.8. The number of carbonyl (C=O) groups is 6. The van der Waals surface area contributed by atoms with Crippen LogP contribution in [0.4, 0.5) is 9.59 Å². The first-order valence-corrected chi connectivity index (χ1v) is 21.4. The number of nitrogens with zero attached hydrogens (tertiary/aromatic N) is 2. The molecule has 3 aromatic rings. The Hall–Kier alpha value is -6.16. The Labute approximate surface area is 369 Å². The fraction of sp³-hybridized carbons (Fsp3) is 0.489. The topological polar surface area (TPSA) is 205 Å². The summed E-state index contributed by atoms with van der Waals surface area (Å²) in [6.07, 6.45) is -0.596. The van der Waals surface area contributed by atoms with Gasteiger partial charge in [0.1, 0.15) is 48.4 Å². The zero-order valence-corrected chi connectivity index (χ0v) is 37.3. The lowest BCUT2D eigenvalue weighted by molar-refractivity contribution is -0.146. The normalized spacial score (nSPS) is 20.1. The number of hydrogen-bond donors (Lipinski definition) is 3. The van der Waals surface area contributed by atoms with E-state index in [9.17, 15) is 28.8 Å². The molecule has 4 amide bonds. The first-order chi connectivity index (χ1) is 30.0. The summed E-state index contributed by atoms with van der Waals surface area (Å²) >= 11 is 0. The predicted molar refractivity (Wildman–Crippen MR) is 234 cm³/mol. The number of nitrogens with one attached hydrogen (secondary N) is 2. The Balaban J connectivity index is 1.58. The standard InChI is InChI=1S/C47H61N5O11/c1-8-19-60-40-17-15-33-25-35(40)34-22-31(14-16-39(34)61-20-18-49-45(57)63-47(3,4)5)23-36(44(56)59-7)50-42(54)29(2)21-38(53)41(33)51(6)43(55)37-24-32(26-48)27-52(37)46(58)62-28-30-12-10-9-11-13-30/h9-17,22,25,29,32,36-37,41H,8,18-21,23-24,26-28,48H2,1-7H3,(H,49,57)(H,50,54)/t29-,32-,36+,37+,41+/m1/s1. The summed E-state index contributed by atoms with van der Waals surface area (Å²) in [4.78, 5) is 84.9. The van der Waals surface area contributed by atoms with Crippen molar-refractivity contribution < 1.29 is 52.5 Å². The van der Waals surface area contributed by atoms with Gasteiger partial charge in [0.25, 0.3) is 0 Å². The number of rotatable bonds is 13. The minimum Gasteiger partial charge on any atom is -0.493 e. The fourth-order valence-corrected chi connectivity index (χ4v) is 7.65. The van der Waals surface area contributed by atoms with Crippen LogP contribution in [-0.2, 0) is 46.4 Å². The van der Waals surface area contributed by atoms with Gasteiger partial charge in [0.15, 0.2) is 5.78 Å². The highest BCUT2D eigenvalue weighted by atomic mass is 16.6. The molecule has 4 N–H and O–H groups in total. The van der Waals surface area contributed by atoms with Crippen molar-refractivity contribution in [2.75, 3.05) is 47.0 Å². The van der Waals surface area contributed by atoms with Gasteiger partial charge in [0, 0.05) is 43.5 Å². The fourth-order valence-electron chi connectivity index (χ4n) is 7.65. The maximum Gasteiger partial charge on any atom is 0.410 e. The van der Waals surface area contributed by atoms with Crippen LogP contribution in [0, 0.1) is 11.8 Å². The first-order valence-electron chi connectivity index (χ1n) is 21.4. The quantitative estimate of drug-likeness (QED) is 0.113. The van der Waals surface area contributed by atoms with Crippen LogP contribution in [0.2, 0.25) is 0 Å². The van der Waals surface area contributed by atoms with E-state index in [1.807, 2.05) is 43.3 Å². The zero-order valence-electron chi connectivity index (χ0n) is 37.3. The molecule has 2 heterocycles. The van der Waals surface area contributed by atoms with E-state index in [-0.39, 0.29) is 58.0 Å². The van der Waals surface area contributed by atoms with Crippen molar-refractivity contribution in [3.05, 3.63) is 83.4 Å². The number of likely N-dealkylation sites (tertiary alicyclic amines) is 1. The molecule has 0 radical (unpaired) electrons. The molecule has 0 unspecified atom stereocenters. The molecule has 16 nitrogen and oxygen atoms in total. The molecule has 16 heteroatoms. The second-order valence-electron chi connectivity index (χ2n) is 17.0. The highest BCUT2D eigenvalue weighted by Gasteiger charge is 2.44. The number of ether oxygens (including phenoxy) is 5. The summed E-state index contributed by atoms with van der Waals surface area (Å²) in [5.74, 6) is -2.47. The van der Waals surface area contributed by atoms with Gasteiger partial charge in [-0.1, -0.05) is 56.3 Å². The van der Waals surface area contributed by atoms with E-state index in [0.29, 0.717) is 46.8 Å². The summed E-state index contributed by atoms with van der Waals surface area (Å²) in [7, 11) is 2.73. The second kappa shape index (κ2) is 21.8. The maximum absolute atomic E-state index is 14.8. The van der Waals surface area contributed by atoms with E-state index in [1.54, 1.807) is 58.0 Å². The molecule has 1 fully saturated rings. The Morgan fingerprint density at radius 1 is 0.937 bits per heavy atom. The van der Waals surface area contributed by atoms with Crippen LogP contribution in [0.15, 0.2) is 66.7 Å². The molecule has 0 aliphatic carbocycles. The van der Waals surface area contributed by atoms with Gasteiger partial charge in [-0.25, -0.2) is 14.4 Å². The molecule has 0 spiro atoms. The van der Waals surface area contributed by atoms with Crippen LogP contribution < -0.4 is 25.8 Å². The Morgan fingerprint density at radius 3 is 2.29 bits per heavy atom. The number of esters is 1. The van der Waals surface area contributed by atoms with Gasteiger partial charge in [-0.3, -0.25) is 19.3 Å². The van der Waals surface area contributed by atoms with E-state index in [2.05, 4.69) is 10.6 Å². The summed E-state index contributed by atoms with van der Waals surface area (Å²) in [6, 6.07) is 16.3. The number of amides is 4. The summed E-state index contributed by atoms with van der Waals surface area (Å²) < 4.78 is 28.6. The molecule has 1 saturated heterocycles. The number of benzene rings is 3. The van der Waals surface area contributed by atoms with Gasteiger partial charge < -0.3 is 45.0 Å². The van der Waals surface area contributed by atoms with Crippen LogP contribution in [-0.4, -0.2) is 110 Å². The number of likely N-dealkylation sites (N-methyl/N-ethyl adjacent to an activating group) is 1. The highest BCUT2D eigenvalue weighted by molar-refractivity contribution is 5.96. The van der Waals surface area contributed by atoms with Gasteiger partial charge in [0.2, 0.25) is 11.8 Å². The maximum atomic E-state index is 14.8. The van der Waals surface area contributed by atoms with Crippen molar-refractivity contribution in [3.8, 4) is 22.6 Å². The minimum absolute atomic E-state index is 0.000493. The van der Waals surface area contributed by atoms with Crippen molar-refractivity contribution >= 4 is 35.8 Å². The van der Waals surface area contributed by atoms with Crippen LogP contribution in [0.5, 0.6) is 11.5 Å². The average Bonchev–Trinajstić information content (AvgIpc) is 3.70. The Morgan fingerprint density at radius 2 is 1.62 bits per heavy atom. The van der Waals surface area contributed by atoms with Crippen LogP contribution in [0.1, 0.15) is 76.6 Å². The van der Waals surface area contributed by atoms with Crippen molar-refractivity contribution in [2.24, 2.45) is 17.6 Å². The first kappa shape index (κ1) is 47.9. The lowest BCUT2D eigenvalue weighted by Crippen LogP contribution is -2.49. The van der Waals surface area contributed by atoms with Crippen molar-refractivity contribution in [2.45, 2.75) is 90.6 Å². The molecule has 5 atom stereocenters. The number of Topliss-reactive ketones (excluding diaryl/α,β-unsaturated/α-hetero) is 1. The molecule has 3 aromatic carbocycles. The monoisotopic (exact) mass is 871 g/mol. The van der Waals surface area contributed by atoms with Crippen molar-refractivity contribution in [3.63, 3.8) is 0 Å². The van der Waals surface area contributed by atoms with Gasteiger partial charge in [0.05, 0.1) is 20.3 Å². The molecule has 5 rings (SSSR count). The number of ketones is 1. The second-order valence-corrected chi connectivity index (χ2v) is 17.0. The third kappa shape index (κ3) is 12.7. The molecular weight excluding hydrogens is 811 g/mol. The number of hydrogen-bond acceptors (Lipinski definition) is 12. The molecule has 4 bridgehead atoms. The van der Waals surface area contributed by atoms with E-state index in [0.717, 1.165) is 5.56 Å². The molecule has 2 aliphatic heterocycles. The summed E-state index contributed by atoms with van der Waals surface area (Å²) in [5.41, 5.74) is 8.28. The largest absolute Gasteiger partial charge is 0.493 e. The number of nitrogens with two attached hydrogens (primary N) is 1. The van der Waals surface area contributed by atoms with Gasteiger partial charge in [-0.15, -0.1) is 0 Å². The van der Waals surface area contributed by atoms with E-state index < -0.39 is 65.4 Å². The minimum atomic E-state index is -1.24. The third-order valence-corrected chi connectivity index (χ3v) is 10.8. The lowest BCUT2D eigenvalue weighted by Gasteiger charge is -2.33. The predicted octanol–water partition coefficient (Wildman–Crippen LogP) is 5.34. The number of methoxy groups -OCH3 is 1. The summed E-state index contributed by atoms with van der Waals surface area (Å²) in [5, 5.41) is 5.46. The molecule has 340 valence electrons. The lowest BCUT2D eigenvalue weighted by atomic mass is 9.89. The van der Waals surface area contributed by atoms with Gasteiger partial charge in [-0.05, 0) is 87.0 Å². The van der Waals surface area contributed by atoms with Crippen LogP contribution in [0.25, 0.3) is 11.1 Å². The van der Waals surface area contributed by atoms with E-state index in [1.165, 1.54) is 24.0 Å². The molecule has 63 heavy (non-hydrogen) atoms. The number of fused-ring (bicyclic) bond motifs is 5. The van der Waals surface area contributed by atoms with Crippen molar-refractivity contribution in [1.82, 2.24) is 20.4 Å². The molecule has 0 aromatic heterocycles. The van der Waals surface area contributed by atoms with Crippen LogP contribution >= 0.6 is 0 Å². The molecule has 2 aliphatic rings. The smallest absolute Gasteiger partial charge is 0.410 e. The number of carbonyl (C=O) groups excluding carboxylic acids is 6. The van der Waals surface area contributed by atoms with Crippen molar-refractivity contribution in [1.29, 1.82) is 0 Å². The van der Waals surface area contributed by atoms with Gasteiger partial charge >= 0.3 is 18.2 Å². The Kier molecular flexibility index (Phi) is 16.5. The van der Waals surface area contributed by atoms with Gasteiger partial charge in [-0.2, -0.15) is 0 Å². The number of alkyl carbamates (subject to hydrolysis) is 1. The molecular formula is C47H61N5O11. The Bertz CT molecular complexity index is 2110. The molecule has 0 saturated carbocycles. The summed E-state index contributed by atoms with van der Waals surface area (Å²) in [6.45, 7) is 9.76.